The molecule has 2 N–H and O–H groups in total. The molecule has 0 radical (unpaired) electrons. The lowest BCUT2D eigenvalue weighted by Gasteiger charge is -2.16. The molecule has 2 aromatic rings. The molecule has 0 aliphatic carbocycles. The van der Waals surface area contributed by atoms with Crippen molar-refractivity contribution in [1.82, 2.24) is 10.6 Å². The van der Waals surface area contributed by atoms with Crippen LogP contribution in [-0.2, 0) is 9.59 Å². The number of hydrogen-bond acceptors (Lipinski definition) is 4. The Morgan fingerprint density at radius 3 is 1.90 bits per heavy atom. The largest absolute Gasteiger partial charge is 0.483 e. The minimum Gasteiger partial charge on any atom is -0.483 e. The van der Waals surface area contributed by atoms with Gasteiger partial charge in [-0.2, -0.15) is 0 Å². The zero-order valence-corrected chi connectivity index (χ0v) is 20.0. The van der Waals surface area contributed by atoms with Crippen LogP contribution >= 0.6 is 55.1 Å². The van der Waals surface area contributed by atoms with E-state index in [4.69, 9.17) is 32.7 Å². The second-order valence-corrected chi connectivity index (χ2v) is 8.58. The van der Waals surface area contributed by atoms with Crippen LogP contribution in [0.2, 0.25) is 10.0 Å². The van der Waals surface area contributed by atoms with Crippen LogP contribution in [0.3, 0.4) is 0 Å². The second kappa shape index (κ2) is 11.6. The summed E-state index contributed by atoms with van der Waals surface area (Å²) >= 11 is 18.4. The van der Waals surface area contributed by atoms with Gasteiger partial charge in [0.05, 0.1) is 8.95 Å². The SMILES string of the molecule is CC(CNC(=O)COc1ccc(Cl)cc1Br)NC(=O)COc1ccc(Cl)cc1Br. The number of ether oxygens (including phenoxy) is 2. The summed E-state index contributed by atoms with van der Waals surface area (Å²) in [5.74, 6) is 0.400. The van der Waals surface area contributed by atoms with Crippen molar-refractivity contribution >= 4 is 66.9 Å². The van der Waals surface area contributed by atoms with Crippen molar-refractivity contribution < 1.29 is 19.1 Å². The molecular weight excluding hydrogens is 551 g/mol. The van der Waals surface area contributed by atoms with Gasteiger partial charge in [0.1, 0.15) is 11.5 Å². The number of nitrogens with one attached hydrogen (secondary N) is 2. The topological polar surface area (TPSA) is 76.7 Å². The van der Waals surface area contributed by atoms with E-state index in [1.807, 2.05) is 0 Å². The van der Waals surface area contributed by atoms with Crippen molar-refractivity contribution in [2.75, 3.05) is 19.8 Å². The summed E-state index contributed by atoms with van der Waals surface area (Å²) in [6, 6.07) is 9.74. The van der Waals surface area contributed by atoms with Gasteiger partial charge in [0, 0.05) is 22.6 Å². The molecule has 0 spiro atoms. The van der Waals surface area contributed by atoms with Crippen molar-refractivity contribution in [1.29, 1.82) is 0 Å². The Morgan fingerprint density at radius 2 is 1.41 bits per heavy atom. The molecule has 156 valence electrons. The highest BCUT2D eigenvalue weighted by Crippen LogP contribution is 2.28. The molecule has 1 unspecified atom stereocenters. The average Bonchev–Trinajstić information content (AvgIpc) is 2.65. The molecule has 0 saturated heterocycles. The van der Waals surface area contributed by atoms with Gasteiger partial charge < -0.3 is 20.1 Å². The summed E-state index contributed by atoms with van der Waals surface area (Å²) in [6.07, 6.45) is 0. The third kappa shape index (κ3) is 8.42. The van der Waals surface area contributed by atoms with Gasteiger partial charge in [0.2, 0.25) is 0 Å². The molecule has 0 aliphatic heterocycles. The van der Waals surface area contributed by atoms with Crippen LogP contribution in [0, 0.1) is 0 Å². The molecule has 2 aromatic carbocycles. The molecule has 0 aliphatic rings. The fraction of sp³-hybridized carbons (Fsp3) is 0.263. The number of amides is 2. The van der Waals surface area contributed by atoms with Crippen molar-refractivity contribution in [2.45, 2.75) is 13.0 Å². The molecule has 2 amide bonds. The molecule has 0 heterocycles. The van der Waals surface area contributed by atoms with Crippen molar-refractivity contribution in [3.05, 3.63) is 55.4 Å². The normalized spacial score (nSPS) is 11.5. The Kier molecular flexibility index (Phi) is 9.55. The van der Waals surface area contributed by atoms with Gasteiger partial charge in [-0.1, -0.05) is 23.2 Å². The van der Waals surface area contributed by atoms with E-state index in [0.717, 1.165) is 0 Å². The Morgan fingerprint density at radius 1 is 0.931 bits per heavy atom. The van der Waals surface area contributed by atoms with Gasteiger partial charge in [-0.3, -0.25) is 9.59 Å². The summed E-state index contributed by atoms with van der Waals surface area (Å²) < 4.78 is 12.2. The van der Waals surface area contributed by atoms with Crippen LogP contribution in [-0.4, -0.2) is 37.6 Å². The van der Waals surface area contributed by atoms with Crippen LogP contribution < -0.4 is 20.1 Å². The van der Waals surface area contributed by atoms with Gasteiger partial charge in [0.15, 0.2) is 13.2 Å². The summed E-state index contributed by atoms with van der Waals surface area (Å²) in [7, 11) is 0. The molecular formula is C19H18Br2Cl2N2O4. The fourth-order valence-corrected chi connectivity index (χ4v) is 3.75. The Bertz CT molecular complexity index is 883. The first kappa shape index (κ1) is 23.8. The maximum Gasteiger partial charge on any atom is 0.258 e. The van der Waals surface area contributed by atoms with E-state index in [0.29, 0.717) is 30.5 Å². The summed E-state index contributed by atoms with van der Waals surface area (Å²) in [5.41, 5.74) is 0. The first-order valence-corrected chi connectivity index (χ1v) is 10.8. The number of hydrogen-bond donors (Lipinski definition) is 2. The molecule has 2 rings (SSSR count). The Balaban J connectivity index is 1.68. The van der Waals surface area contributed by atoms with Crippen molar-refractivity contribution in [2.24, 2.45) is 0 Å². The predicted molar refractivity (Wildman–Crippen MR) is 120 cm³/mol. The minimum absolute atomic E-state index is 0.158. The third-order valence-electron chi connectivity index (χ3n) is 3.52. The Labute approximate surface area is 195 Å². The quantitative estimate of drug-likeness (QED) is 0.464. The van der Waals surface area contributed by atoms with Crippen LogP contribution in [0.15, 0.2) is 45.3 Å². The highest BCUT2D eigenvalue weighted by Gasteiger charge is 2.12. The summed E-state index contributed by atoms with van der Waals surface area (Å²) in [4.78, 5) is 23.9. The van der Waals surface area contributed by atoms with Crippen LogP contribution in [0.4, 0.5) is 0 Å². The van der Waals surface area contributed by atoms with E-state index >= 15 is 0 Å². The van der Waals surface area contributed by atoms with Crippen LogP contribution in [0.5, 0.6) is 11.5 Å². The third-order valence-corrected chi connectivity index (χ3v) is 5.23. The lowest BCUT2D eigenvalue weighted by atomic mass is 10.3. The maximum atomic E-state index is 12.0. The van der Waals surface area contributed by atoms with E-state index < -0.39 is 0 Å². The molecule has 0 saturated carbocycles. The fourth-order valence-electron chi connectivity index (χ4n) is 2.16. The summed E-state index contributed by atoms with van der Waals surface area (Å²) in [5, 5.41) is 6.56. The lowest BCUT2D eigenvalue weighted by molar-refractivity contribution is -0.125. The monoisotopic (exact) mass is 566 g/mol. The zero-order chi connectivity index (χ0) is 21.4. The lowest BCUT2D eigenvalue weighted by Crippen LogP contribution is -2.44. The standard InChI is InChI=1S/C19H18Br2Cl2N2O4/c1-11(25-19(27)10-29-17-5-3-13(23)7-15(17)21)8-24-18(26)9-28-16-4-2-12(22)6-14(16)20/h2-7,11H,8-10H2,1H3,(H,24,26)(H,25,27). The first-order chi connectivity index (χ1) is 13.7. The number of halogens is 4. The molecule has 10 heteroatoms. The smallest absolute Gasteiger partial charge is 0.258 e. The van der Waals surface area contributed by atoms with E-state index in [9.17, 15) is 9.59 Å². The van der Waals surface area contributed by atoms with E-state index in [1.165, 1.54) is 0 Å². The van der Waals surface area contributed by atoms with Crippen molar-refractivity contribution in [3.63, 3.8) is 0 Å². The van der Waals surface area contributed by atoms with Gasteiger partial charge in [-0.15, -0.1) is 0 Å². The maximum absolute atomic E-state index is 12.0. The molecule has 6 nitrogen and oxygen atoms in total. The molecule has 0 bridgehead atoms. The van der Waals surface area contributed by atoms with Crippen LogP contribution in [0.1, 0.15) is 6.92 Å². The van der Waals surface area contributed by atoms with Crippen molar-refractivity contribution in [3.8, 4) is 11.5 Å². The minimum atomic E-state index is -0.311. The van der Waals surface area contributed by atoms with E-state index in [-0.39, 0.29) is 37.6 Å². The van der Waals surface area contributed by atoms with Gasteiger partial charge in [-0.25, -0.2) is 0 Å². The Hall–Kier alpha value is -1.48. The number of carbonyl (C=O) groups is 2. The zero-order valence-electron chi connectivity index (χ0n) is 15.3. The molecule has 29 heavy (non-hydrogen) atoms. The van der Waals surface area contributed by atoms with E-state index in [2.05, 4.69) is 42.5 Å². The van der Waals surface area contributed by atoms with Gasteiger partial charge in [0.25, 0.3) is 11.8 Å². The number of carbonyl (C=O) groups excluding carboxylic acids is 2. The van der Waals surface area contributed by atoms with Gasteiger partial charge in [-0.05, 0) is 75.2 Å². The average molecular weight is 569 g/mol. The number of benzene rings is 2. The highest BCUT2D eigenvalue weighted by atomic mass is 79.9. The molecule has 1 atom stereocenters. The van der Waals surface area contributed by atoms with Gasteiger partial charge >= 0.3 is 0 Å². The number of rotatable bonds is 9. The van der Waals surface area contributed by atoms with Crippen LogP contribution in [0.25, 0.3) is 0 Å². The molecule has 0 fully saturated rings. The summed E-state index contributed by atoms with van der Waals surface area (Å²) in [6.45, 7) is 1.70. The first-order valence-electron chi connectivity index (χ1n) is 8.46. The predicted octanol–water partition coefficient (Wildman–Crippen LogP) is 4.60. The molecule has 0 aromatic heterocycles. The van der Waals surface area contributed by atoms with E-state index in [1.54, 1.807) is 43.3 Å². The highest BCUT2D eigenvalue weighted by molar-refractivity contribution is 9.10. The second-order valence-electron chi connectivity index (χ2n) is 6.00.